The number of H-pyrrole nitrogens is 1. The molecule has 0 atom stereocenters. The molecule has 2 nitrogen and oxygen atoms in total. The number of nitrogens with two attached hydrogens (primary N) is 1. The van der Waals surface area contributed by atoms with E-state index in [1.165, 1.54) is 18.2 Å². The quantitative estimate of drug-likeness (QED) is 0.655. The van der Waals surface area contributed by atoms with Gasteiger partial charge in [0.2, 0.25) is 0 Å². The minimum Gasteiger partial charge on any atom is -0.402 e. The van der Waals surface area contributed by atoms with Crippen molar-refractivity contribution in [2.45, 2.75) is 19.3 Å². The second-order valence-corrected chi connectivity index (χ2v) is 7.11. The lowest BCUT2D eigenvalue weighted by Gasteiger charge is -2.35. The third-order valence-electron chi connectivity index (χ3n) is 5.32. The topological polar surface area (TPSA) is 41.8 Å². The van der Waals surface area contributed by atoms with Gasteiger partial charge in [-0.3, -0.25) is 0 Å². The zero-order chi connectivity index (χ0) is 18.4. The first-order valence-electron chi connectivity index (χ1n) is 8.62. The lowest BCUT2D eigenvalue weighted by atomic mass is 9.70. The van der Waals surface area contributed by atoms with Gasteiger partial charge in [-0.15, -0.1) is 0 Å². The maximum atomic E-state index is 14.3. The Morgan fingerprint density at radius 2 is 1.77 bits per heavy atom. The lowest BCUT2D eigenvalue weighted by Crippen LogP contribution is -2.29. The SMILES string of the molecule is C=C(N)C1CC(Cc2c(-c3ccc(F)cc3)[nH]c3c(F)cc(F)cc23)C1. The average Bonchev–Trinajstić information content (AvgIpc) is 2.89. The maximum absolute atomic E-state index is 14.3. The molecule has 1 saturated carbocycles. The van der Waals surface area contributed by atoms with Crippen LogP contribution in [0.25, 0.3) is 22.2 Å². The Kier molecular flexibility index (Phi) is 4.02. The molecule has 1 aliphatic rings. The van der Waals surface area contributed by atoms with Gasteiger partial charge in [-0.1, -0.05) is 6.58 Å². The first-order chi connectivity index (χ1) is 12.4. The third-order valence-corrected chi connectivity index (χ3v) is 5.32. The van der Waals surface area contributed by atoms with E-state index in [0.29, 0.717) is 35.0 Å². The second-order valence-electron chi connectivity index (χ2n) is 7.11. The zero-order valence-corrected chi connectivity index (χ0v) is 14.2. The van der Waals surface area contributed by atoms with Gasteiger partial charge in [0, 0.05) is 22.8 Å². The minimum absolute atomic E-state index is 0.278. The average molecular weight is 356 g/mol. The fourth-order valence-corrected chi connectivity index (χ4v) is 3.84. The van der Waals surface area contributed by atoms with Gasteiger partial charge in [-0.2, -0.15) is 0 Å². The Morgan fingerprint density at radius 1 is 1.08 bits per heavy atom. The first kappa shape index (κ1) is 16.8. The fourth-order valence-electron chi connectivity index (χ4n) is 3.84. The number of rotatable bonds is 4. The van der Waals surface area contributed by atoms with Crippen LogP contribution in [0, 0.1) is 29.3 Å². The second kappa shape index (κ2) is 6.24. The number of allylic oxidation sites excluding steroid dienone is 1. The molecule has 0 radical (unpaired) electrons. The van der Waals surface area contributed by atoms with Crippen molar-refractivity contribution in [2.75, 3.05) is 0 Å². The van der Waals surface area contributed by atoms with Crippen LogP contribution in [-0.2, 0) is 6.42 Å². The third kappa shape index (κ3) is 2.87. The smallest absolute Gasteiger partial charge is 0.150 e. The van der Waals surface area contributed by atoms with Crippen molar-refractivity contribution in [3.05, 3.63) is 71.7 Å². The number of aromatic nitrogens is 1. The number of aromatic amines is 1. The van der Waals surface area contributed by atoms with Gasteiger partial charge < -0.3 is 10.7 Å². The van der Waals surface area contributed by atoms with E-state index in [4.69, 9.17) is 5.73 Å². The molecule has 4 rings (SSSR count). The Morgan fingerprint density at radius 3 is 2.42 bits per heavy atom. The van der Waals surface area contributed by atoms with Gasteiger partial charge in [-0.25, -0.2) is 13.2 Å². The molecule has 0 aliphatic heterocycles. The molecule has 0 bridgehead atoms. The van der Waals surface area contributed by atoms with E-state index in [9.17, 15) is 13.2 Å². The van der Waals surface area contributed by atoms with E-state index in [1.54, 1.807) is 12.1 Å². The summed E-state index contributed by atoms with van der Waals surface area (Å²) in [5.74, 6) is -0.885. The Bertz CT molecular complexity index is 983. The van der Waals surface area contributed by atoms with Crippen LogP contribution in [-0.4, -0.2) is 4.98 Å². The monoisotopic (exact) mass is 356 g/mol. The molecule has 1 heterocycles. The molecule has 1 fully saturated rings. The molecule has 134 valence electrons. The summed E-state index contributed by atoms with van der Waals surface area (Å²) in [7, 11) is 0. The highest BCUT2D eigenvalue weighted by Gasteiger charge is 2.31. The lowest BCUT2D eigenvalue weighted by molar-refractivity contribution is 0.226. The molecule has 2 aromatic carbocycles. The van der Waals surface area contributed by atoms with Crippen LogP contribution in [0.5, 0.6) is 0 Å². The van der Waals surface area contributed by atoms with Gasteiger partial charge in [0.25, 0.3) is 0 Å². The molecule has 3 N–H and O–H groups in total. The molecule has 3 aromatic rings. The van der Waals surface area contributed by atoms with Crippen molar-refractivity contribution >= 4 is 10.9 Å². The molecular weight excluding hydrogens is 337 g/mol. The van der Waals surface area contributed by atoms with Gasteiger partial charge in [-0.05, 0) is 72.6 Å². The van der Waals surface area contributed by atoms with Crippen LogP contribution >= 0.6 is 0 Å². The van der Waals surface area contributed by atoms with Gasteiger partial charge in [0.1, 0.15) is 17.5 Å². The van der Waals surface area contributed by atoms with Crippen molar-refractivity contribution < 1.29 is 13.2 Å². The molecule has 0 spiro atoms. The van der Waals surface area contributed by atoms with Crippen LogP contribution in [0.2, 0.25) is 0 Å². The summed E-state index contributed by atoms with van der Waals surface area (Å²) in [5.41, 5.74) is 9.04. The summed E-state index contributed by atoms with van der Waals surface area (Å²) in [6, 6.07) is 8.23. The Labute approximate surface area is 149 Å². The van der Waals surface area contributed by atoms with Crippen LogP contribution < -0.4 is 5.73 Å². The van der Waals surface area contributed by atoms with E-state index in [1.807, 2.05) is 0 Å². The van der Waals surface area contributed by atoms with Crippen molar-refractivity contribution in [3.63, 3.8) is 0 Å². The number of hydrogen-bond acceptors (Lipinski definition) is 1. The largest absolute Gasteiger partial charge is 0.402 e. The van der Waals surface area contributed by atoms with Crippen molar-refractivity contribution in [1.82, 2.24) is 4.98 Å². The van der Waals surface area contributed by atoms with E-state index in [2.05, 4.69) is 11.6 Å². The van der Waals surface area contributed by atoms with Crippen molar-refractivity contribution in [1.29, 1.82) is 0 Å². The highest BCUT2D eigenvalue weighted by Crippen LogP contribution is 2.42. The zero-order valence-electron chi connectivity index (χ0n) is 14.2. The molecule has 0 amide bonds. The Hall–Kier alpha value is -2.69. The minimum atomic E-state index is -0.628. The van der Waals surface area contributed by atoms with E-state index in [-0.39, 0.29) is 11.3 Å². The number of nitrogens with one attached hydrogen (secondary N) is 1. The fraction of sp³-hybridized carbons (Fsp3) is 0.238. The highest BCUT2D eigenvalue weighted by molar-refractivity contribution is 5.91. The van der Waals surface area contributed by atoms with E-state index < -0.39 is 11.6 Å². The molecule has 1 aromatic heterocycles. The summed E-state index contributed by atoms with van der Waals surface area (Å²) in [6.45, 7) is 3.79. The molecular formula is C21H19F3N2. The van der Waals surface area contributed by atoms with E-state index >= 15 is 0 Å². The number of benzene rings is 2. The summed E-state index contributed by atoms with van der Waals surface area (Å²) in [6.07, 6.45) is 2.52. The van der Waals surface area contributed by atoms with Gasteiger partial charge >= 0.3 is 0 Å². The number of hydrogen-bond donors (Lipinski definition) is 2. The highest BCUT2D eigenvalue weighted by atomic mass is 19.1. The number of halogens is 3. The summed E-state index contributed by atoms with van der Waals surface area (Å²) in [4.78, 5) is 3.08. The van der Waals surface area contributed by atoms with Crippen molar-refractivity contribution in [3.8, 4) is 11.3 Å². The molecule has 0 saturated heterocycles. The van der Waals surface area contributed by atoms with Gasteiger partial charge in [0.05, 0.1) is 5.52 Å². The van der Waals surface area contributed by atoms with Crippen LogP contribution in [0.3, 0.4) is 0 Å². The summed E-state index contributed by atoms with van der Waals surface area (Å²) < 4.78 is 41.4. The normalized spacial score (nSPS) is 19.5. The predicted octanol–water partition coefficient (Wildman–Crippen LogP) is 5.29. The molecule has 0 unspecified atom stereocenters. The Balaban J connectivity index is 1.78. The van der Waals surface area contributed by atoms with Crippen molar-refractivity contribution in [2.24, 2.45) is 17.6 Å². The molecule has 26 heavy (non-hydrogen) atoms. The standard InChI is InChI=1S/C21H19F3N2/c1-11(25)14-6-12(7-14)8-17-18-9-16(23)10-19(24)21(18)26-20(17)13-2-4-15(22)5-3-13/h2-5,9-10,12,14,26H,1,6-8,25H2. The molecule has 1 aliphatic carbocycles. The predicted molar refractivity (Wildman–Crippen MR) is 96.9 cm³/mol. The van der Waals surface area contributed by atoms with Crippen LogP contribution in [0.1, 0.15) is 18.4 Å². The number of fused-ring (bicyclic) bond motifs is 1. The maximum Gasteiger partial charge on any atom is 0.150 e. The summed E-state index contributed by atoms with van der Waals surface area (Å²) in [5, 5.41) is 0.539. The molecule has 5 heteroatoms. The summed E-state index contributed by atoms with van der Waals surface area (Å²) >= 11 is 0. The van der Waals surface area contributed by atoms with Crippen LogP contribution in [0.15, 0.2) is 48.7 Å². The first-order valence-corrected chi connectivity index (χ1v) is 8.62. The van der Waals surface area contributed by atoms with E-state index in [0.717, 1.165) is 30.0 Å². The van der Waals surface area contributed by atoms with Gasteiger partial charge in [0.15, 0.2) is 0 Å². The van der Waals surface area contributed by atoms with Crippen LogP contribution in [0.4, 0.5) is 13.2 Å².